The number of halogens is 4. The molecule has 0 spiro atoms. The third kappa shape index (κ3) is 2.54. The summed E-state index contributed by atoms with van der Waals surface area (Å²) in [5.41, 5.74) is -0.738. The molecule has 0 bridgehead atoms. The van der Waals surface area contributed by atoms with E-state index in [9.17, 15) is 22.7 Å². The number of hydrogen-bond acceptors (Lipinski definition) is 1. The molecule has 0 aromatic heterocycles. The highest BCUT2D eigenvalue weighted by Gasteiger charge is 2.34. The second kappa shape index (κ2) is 4.57. The first-order valence-corrected chi connectivity index (χ1v) is 5.46. The van der Waals surface area contributed by atoms with E-state index >= 15 is 0 Å². The summed E-state index contributed by atoms with van der Waals surface area (Å²) in [6.07, 6.45) is -4.74. The summed E-state index contributed by atoms with van der Waals surface area (Å²) in [7, 11) is 0. The third-order valence-electron chi connectivity index (χ3n) is 2.82. The summed E-state index contributed by atoms with van der Waals surface area (Å²) in [6, 6.07) is 7.30. The third-order valence-corrected chi connectivity index (χ3v) is 2.82. The molecular formula is C14H10F4O. The smallest absolute Gasteiger partial charge is 0.419 e. The van der Waals surface area contributed by atoms with E-state index in [1.807, 2.05) is 0 Å². The molecule has 19 heavy (non-hydrogen) atoms. The van der Waals surface area contributed by atoms with Crippen LogP contribution in [0.15, 0.2) is 36.4 Å². The highest BCUT2D eigenvalue weighted by Crippen LogP contribution is 2.36. The van der Waals surface area contributed by atoms with Crippen molar-refractivity contribution >= 4 is 0 Å². The molecule has 1 N–H and O–H groups in total. The zero-order valence-electron chi connectivity index (χ0n) is 9.92. The monoisotopic (exact) mass is 270 g/mol. The Kier molecular flexibility index (Phi) is 3.22. The van der Waals surface area contributed by atoms with Crippen LogP contribution in [0.5, 0.6) is 5.75 Å². The summed E-state index contributed by atoms with van der Waals surface area (Å²) in [4.78, 5) is 0. The van der Waals surface area contributed by atoms with Gasteiger partial charge >= 0.3 is 6.18 Å². The highest BCUT2D eigenvalue weighted by atomic mass is 19.4. The van der Waals surface area contributed by atoms with Gasteiger partial charge in [-0.05, 0) is 30.2 Å². The van der Waals surface area contributed by atoms with Crippen LogP contribution < -0.4 is 0 Å². The molecule has 0 aliphatic rings. The molecule has 0 atom stereocenters. The van der Waals surface area contributed by atoms with Gasteiger partial charge in [0, 0.05) is 5.56 Å². The van der Waals surface area contributed by atoms with Crippen LogP contribution in [-0.4, -0.2) is 5.11 Å². The first kappa shape index (κ1) is 13.4. The maximum atomic E-state index is 13.9. The van der Waals surface area contributed by atoms with Crippen molar-refractivity contribution in [2.24, 2.45) is 0 Å². The van der Waals surface area contributed by atoms with E-state index in [0.717, 1.165) is 6.07 Å². The minimum atomic E-state index is -4.74. The van der Waals surface area contributed by atoms with Gasteiger partial charge in [0.2, 0.25) is 0 Å². The molecular weight excluding hydrogens is 260 g/mol. The second-order valence-electron chi connectivity index (χ2n) is 4.17. The van der Waals surface area contributed by atoms with Crippen LogP contribution in [-0.2, 0) is 6.18 Å². The van der Waals surface area contributed by atoms with Gasteiger partial charge in [-0.3, -0.25) is 0 Å². The molecule has 1 nitrogen and oxygen atoms in total. The highest BCUT2D eigenvalue weighted by molar-refractivity contribution is 5.67. The number of alkyl halides is 3. The largest absolute Gasteiger partial charge is 0.508 e. The van der Waals surface area contributed by atoms with Crippen LogP contribution in [0.4, 0.5) is 17.6 Å². The number of hydrogen-bond donors (Lipinski definition) is 1. The lowest BCUT2D eigenvalue weighted by Crippen LogP contribution is -2.08. The number of aryl methyl sites for hydroxylation is 1. The summed E-state index contributed by atoms with van der Waals surface area (Å²) >= 11 is 0. The normalized spacial score (nSPS) is 11.6. The van der Waals surface area contributed by atoms with Gasteiger partial charge in [-0.2, -0.15) is 13.2 Å². The Bertz CT molecular complexity index is 617. The predicted octanol–water partition coefficient (Wildman–Crippen LogP) is 4.53. The van der Waals surface area contributed by atoms with Crippen molar-refractivity contribution in [1.82, 2.24) is 0 Å². The van der Waals surface area contributed by atoms with Gasteiger partial charge in [0.05, 0.1) is 5.56 Å². The van der Waals surface area contributed by atoms with Crippen molar-refractivity contribution in [3.05, 3.63) is 53.3 Å². The standard InChI is InChI=1S/C14H10F4O/c1-8-5-6-9(7-12(8)19)10-3-2-4-11(13(10)15)14(16,17)18/h2-7,19H,1H3. The molecule has 0 saturated carbocycles. The number of phenolic OH excluding ortho intramolecular Hbond substituents is 1. The van der Waals surface area contributed by atoms with Gasteiger partial charge < -0.3 is 5.11 Å². The second-order valence-corrected chi connectivity index (χ2v) is 4.17. The van der Waals surface area contributed by atoms with Crippen molar-refractivity contribution in [2.75, 3.05) is 0 Å². The van der Waals surface area contributed by atoms with Crippen molar-refractivity contribution in [3.8, 4) is 16.9 Å². The Morgan fingerprint density at radius 1 is 1.05 bits per heavy atom. The molecule has 5 heteroatoms. The van der Waals surface area contributed by atoms with E-state index in [4.69, 9.17) is 0 Å². The maximum Gasteiger partial charge on any atom is 0.419 e. The van der Waals surface area contributed by atoms with Gasteiger partial charge in [-0.1, -0.05) is 24.3 Å². The van der Waals surface area contributed by atoms with E-state index < -0.39 is 17.6 Å². The Morgan fingerprint density at radius 3 is 2.32 bits per heavy atom. The molecule has 0 saturated heterocycles. The zero-order chi connectivity index (χ0) is 14.2. The summed E-state index contributed by atoms with van der Waals surface area (Å²) in [5, 5.41) is 9.54. The number of benzene rings is 2. The maximum absolute atomic E-state index is 13.9. The fourth-order valence-corrected chi connectivity index (χ4v) is 1.75. The lowest BCUT2D eigenvalue weighted by molar-refractivity contribution is -0.139. The molecule has 2 aromatic rings. The minimum absolute atomic E-state index is 0.0886. The number of phenols is 1. The summed E-state index contributed by atoms with van der Waals surface area (Å²) in [6.45, 7) is 1.64. The fraction of sp³-hybridized carbons (Fsp3) is 0.143. The lowest BCUT2D eigenvalue weighted by atomic mass is 10.0. The molecule has 0 aliphatic heterocycles. The van der Waals surface area contributed by atoms with E-state index in [2.05, 4.69) is 0 Å². The van der Waals surface area contributed by atoms with Crippen LogP contribution >= 0.6 is 0 Å². The van der Waals surface area contributed by atoms with Crippen molar-refractivity contribution in [3.63, 3.8) is 0 Å². The average molecular weight is 270 g/mol. The molecule has 0 unspecified atom stereocenters. The first-order chi connectivity index (χ1) is 8.80. The molecule has 2 rings (SSSR count). The molecule has 0 radical (unpaired) electrons. The van der Waals surface area contributed by atoms with Gasteiger partial charge in [0.25, 0.3) is 0 Å². The van der Waals surface area contributed by atoms with E-state index in [0.29, 0.717) is 11.6 Å². The van der Waals surface area contributed by atoms with E-state index in [-0.39, 0.29) is 16.9 Å². The summed E-state index contributed by atoms with van der Waals surface area (Å²) < 4.78 is 51.7. The topological polar surface area (TPSA) is 20.2 Å². The molecule has 0 heterocycles. The fourth-order valence-electron chi connectivity index (χ4n) is 1.75. The van der Waals surface area contributed by atoms with Crippen molar-refractivity contribution in [2.45, 2.75) is 13.1 Å². The molecule has 2 aromatic carbocycles. The van der Waals surface area contributed by atoms with Gasteiger partial charge in [0.15, 0.2) is 0 Å². The molecule has 100 valence electrons. The van der Waals surface area contributed by atoms with Crippen LogP contribution in [0.1, 0.15) is 11.1 Å². The van der Waals surface area contributed by atoms with Gasteiger partial charge in [-0.25, -0.2) is 4.39 Å². The number of rotatable bonds is 1. The van der Waals surface area contributed by atoms with Crippen LogP contribution in [0, 0.1) is 12.7 Å². The van der Waals surface area contributed by atoms with Crippen molar-refractivity contribution in [1.29, 1.82) is 0 Å². The van der Waals surface area contributed by atoms with Crippen LogP contribution in [0.2, 0.25) is 0 Å². The zero-order valence-corrected chi connectivity index (χ0v) is 9.92. The van der Waals surface area contributed by atoms with Gasteiger partial charge in [0.1, 0.15) is 11.6 Å². The number of aromatic hydroxyl groups is 1. The predicted molar refractivity (Wildman–Crippen MR) is 63.2 cm³/mol. The summed E-state index contributed by atoms with van der Waals surface area (Å²) in [5.74, 6) is -1.42. The Hall–Kier alpha value is -2.04. The van der Waals surface area contributed by atoms with E-state index in [1.165, 1.54) is 24.3 Å². The van der Waals surface area contributed by atoms with Gasteiger partial charge in [-0.15, -0.1) is 0 Å². The Balaban J connectivity index is 2.60. The average Bonchev–Trinajstić information content (AvgIpc) is 2.32. The van der Waals surface area contributed by atoms with Crippen molar-refractivity contribution < 1.29 is 22.7 Å². The molecule has 0 fully saturated rings. The minimum Gasteiger partial charge on any atom is -0.508 e. The molecule has 0 aliphatic carbocycles. The lowest BCUT2D eigenvalue weighted by Gasteiger charge is -2.12. The Labute approximate surface area is 107 Å². The SMILES string of the molecule is Cc1ccc(-c2cccc(C(F)(F)F)c2F)cc1O. The molecule has 0 amide bonds. The quantitative estimate of drug-likeness (QED) is 0.755. The first-order valence-electron chi connectivity index (χ1n) is 5.46. The van der Waals surface area contributed by atoms with Crippen LogP contribution in [0.25, 0.3) is 11.1 Å². The Morgan fingerprint density at radius 2 is 1.74 bits per heavy atom. The van der Waals surface area contributed by atoms with E-state index in [1.54, 1.807) is 6.92 Å². The van der Waals surface area contributed by atoms with Crippen LogP contribution in [0.3, 0.4) is 0 Å².